The van der Waals surface area contributed by atoms with E-state index in [4.69, 9.17) is 4.74 Å². The highest BCUT2D eigenvalue weighted by Gasteiger charge is 2.23. The number of H-pyrrole nitrogens is 1. The van der Waals surface area contributed by atoms with Crippen LogP contribution in [0.3, 0.4) is 0 Å². The second kappa shape index (κ2) is 11.6. The molecule has 1 atom stereocenters. The summed E-state index contributed by atoms with van der Waals surface area (Å²) in [6.45, 7) is 5.70. The Bertz CT molecular complexity index is 1500. The summed E-state index contributed by atoms with van der Waals surface area (Å²) >= 11 is 0. The lowest BCUT2D eigenvalue weighted by Gasteiger charge is -2.30. The van der Waals surface area contributed by atoms with Crippen LogP contribution in [0.15, 0.2) is 73.1 Å². The molecule has 7 heteroatoms. The van der Waals surface area contributed by atoms with E-state index in [1.54, 1.807) is 42.7 Å². The van der Waals surface area contributed by atoms with Crippen LogP contribution < -0.4 is 4.74 Å². The number of nitrogens with one attached hydrogen (secondary N) is 1. The fourth-order valence-corrected chi connectivity index (χ4v) is 5.04. The zero-order valence-corrected chi connectivity index (χ0v) is 22.2. The van der Waals surface area contributed by atoms with Gasteiger partial charge < -0.3 is 14.6 Å². The van der Waals surface area contributed by atoms with Gasteiger partial charge >= 0.3 is 0 Å². The van der Waals surface area contributed by atoms with E-state index in [2.05, 4.69) is 16.9 Å². The summed E-state index contributed by atoms with van der Waals surface area (Å²) < 4.78 is 20.7. The number of piperidine rings is 1. The van der Waals surface area contributed by atoms with Crippen molar-refractivity contribution in [1.29, 1.82) is 0 Å². The van der Waals surface area contributed by atoms with Crippen LogP contribution in [0.25, 0.3) is 11.4 Å². The van der Waals surface area contributed by atoms with E-state index in [0.29, 0.717) is 39.9 Å². The summed E-state index contributed by atoms with van der Waals surface area (Å²) in [4.78, 5) is 34.9. The molecular formula is C32H32FN3O3. The van der Waals surface area contributed by atoms with Gasteiger partial charge in [0.25, 0.3) is 5.91 Å². The number of pyridine rings is 1. The second-order valence-corrected chi connectivity index (χ2v) is 10.4. The Morgan fingerprint density at radius 2 is 1.92 bits per heavy atom. The van der Waals surface area contributed by atoms with Gasteiger partial charge in [0.1, 0.15) is 23.1 Å². The van der Waals surface area contributed by atoms with Crippen molar-refractivity contribution in [2.45, 2.75) is 39.5 Å². The van der Waals surface area contributed by atoms with Crippen molar-refractivity contribution >= 4 is 11.7 Å². The first-order valence-corrected chi connectivity index (χ1v) is 13.3. The first-order valence-electron chi connectivity index (χ1n) is 13.3. The van der Waals surface area contributed by atoms with Gasteiger partial charge in [-0.15, -0.1) is 0 Å². The molecule has 0 radical (unpaired) electrons. The number of carbonyl (C=O) groups excluding carboxylic acids is 2. The smallest absolute Gasteiger partial charge is 0.255 e. The number of aromatic nitrogens is 2. The van der Waals surface area contributed by atoms with Crippen molar-refractivity contribution in [3.05, 3.63) is 101 Å². The van der Waals surface area contributed by atoms with Crippen molar-refractivity contribution in [2.24, 2.45) is 5.92 Å². The molecule has 2 aromatic carbocycles. The highest BCUT2D eigenvalue weighted by atomic mass is 19.1. The van der Waals surface area contributed by atoms with Gasteiger partial charge in [0.2, 0.25) is 0 Å². The van der Waals surface area contributed by atoms with E-state index in [0.717, 1.165) is 37.1 Å². The van der Waals surface area contributed by atoms with Crippen molar-refractivity contribution in [1.82, 2.24) is 14.9 Å². The molecule has 0 spiro atoms. The summed E-state index contributed by atoms with van der Waals surface area (Å²) in [5, 5.41) is 0. The first kappa shape index (κ1) is 26.4. The predicted molar refractivity (Wildman–Crippen MR) is 148 cm³/mol. The molecule has 200 valence electrons. The molecule has 5 rings (SSSR count). The second-order valence-electron chi connectivity index (χ2n) is 10.4. The molecule has 2 aromatic heterocycles. The van der Waals surface area contributed by atoms with Crippen LogP contribution in [0.2, 0.25) is 0 Å². The van der Waals surface area contributed by atoms with Crippen LogP contribution in [-0.2, 0) is 17.6 Å². The molecule has 1 N–H and O–H groups in total. The van der Waals surface area contributed by atoms with Gasteiger partial charge in [-0.1, -0.05) is 42.8 Å². The van der Waals surface area contributed by atoms with Crippen molar-refractivity contribution < 1.29 is 18.7 Å². The van der Waals surface area contributed by atoms with Crippen LogP contribution >= 0.6 is 0 Å². The fourth-order valence-electron chi connectivity index (χ4n) is 5.04. The number of ketones is 1. The largest absolute Gasteiger partial charge is 0.457 e. The molecule has 1 saturated heterocycles. The monoisotopic (exact) mass is 525 g/mol. The Kier molecular flexibility index (Phi) is 7.87. The summed E-state index contributed by atoms with van der Waals surface area (Å²) in [7, 11) is 0. The number of amides is 1. The maximum absolute atomic E-state index is 14.8. The molecule has 1 amide bonds. The number of hydrogen-bond acceptors (Lipinski definition) is 4. The molecule has 1 fully saturated rings. The van der Waals surface area contributed by atoms with Gasteiger partial charge in [0.05, 0.1) is 17.0 Å². The third-order valence-corrected chi connectivity index (χ3v) is 7.01. The lowest BCUT2D eigenvalue weighted by molar-refractivity contribution is -0.117. The zero-order chi connectivity index (χ0) is 27.4. The molecule has 1 unspecified atom stereocenters. The predicted octanol–water partition coefficient (Wildman–Crippen LogP) is 6.54. The minimum absolute atomic E-state index is 0.0175. The van der Waals surface area contributed by atoms with Crippen molar-refractivity contribution in [3.63, 3.8) is 0 Å². The Hall–Kier alpha value is -4.26. The maximum Gasteiger partial charge on any atom is 0.255 e. The average Bonchev–Trinajstić information content (AvgIpc) is 3.41. The van der Waals surface area contributed by atoms with Crippen molar-refractivity contribution in [2.75, 3.05) is 13.1 Å². The number of benzene rings is 2. The third-order valence-electron chi connectivity index (χ3n) is 7.01. The highest BCUT2D eigenvalue weighted by molar-refractivity contribution is 5.95. The molecule has 4 aromatic rings. The Labute approximate surface area is 227 Å². The van der Waals surface area contributed by atoms with Gasteiger partial charge in [-0.3, -0.25) is 14.6 Å². The van der Waals surface area contributed by atoms with Gasteiger partial charge in [-0.25, -0.2) is 4.39 Å². The Morgan fingerprint density at radius 1 is 1.08 bits per heavy atom. The van der Waals surface area contributed by atoms with Crippen LogP contribution in [-0.4, -0.2) is 39.6 Å². The number of aryl methyl sites for hydroxylation is 1. The minimum Gasteiger partial charge on any atom is -0.457 e. The highest BCUT2D eigenvalue weighted by Crippen LogP contribution is 2.28. The van der Waals surface area contributed by atoms with E-state index < -0.39 is 5.82 Å². The molecule has 1 aliphatic rings. The number of ether oxygens (including phenoxy) is 1. The van der Waals surface area contributed by atoms with E-state index in [1.165, 1.54) is 6.07 Å². The first-order chi connectivity index (χ1) is 18.8. The normalized spacial score (nSPS) is 15.3. The number of hydrogen-bond donors (Lipinski definition) is 1. The van der Waals surface area contributed by atoms with Crippen LogP contribution in [0, 0.1) is 18.7 Å². The number of halogens is 1. The molecule has 0 bridgehead atoms. The molecule has 6 nitrogen and oxygen atoms in total. The maximum atomic E-state index is 14.8. The zero-order valence-electron chi connectivity index (χ0n) is 22.2. The molecule has 3 heterocycles. The van der Waals surface area contributed by atoms with E-state index >= 15 is 0 Å². The number of aromatic amines is 1. The molecule has 0 saturated carbocycles. The van der Waals surface area contributed by atoms with E-state index in [-0.39, 0.29) is 24.5 Å². The summed E-state index contributed by atoms with van der Waals surface area (Å²) in [5.41, 5.74) is 4.25. The van der Waals surface area contributed by atoms with Crippen LogP contribution in [0.4, 0.5) is 4.39 Å². The summed E-state index contributed by atoms with van der Waals surface area (Å²) in [5.74, 6) is 0.791. The SMILES string of the molecule is Cc1cccc(CC(=O)Cc2ccc(Oc3ccnc(-c4cc(C(=O)N5CCCC(C)C5)c[nH]4)c3)cc2F)c1. The summed E-state index contributed by atoms with van der Waals surface area (Å²) in [6, 6.07) is 17.5. The quantitative estimate of drug-likeness (QED) is 0.283. The van der Waals surface area contributed by atoms with Gasteiger partial charge in [0, 0.05) is 50.5 Å². The standard InChI is InChI=1S/C32H32FN3O3/c1-21-5-3-7-23(13-21)14-26(37)15-24-8-9-27(17-29(24)33)39-28-10-11-34-31(18-28)30-16-25(19-35-30)32(38)36-12-4-6-22(2)20-36/h3,5,7-11,13,16-19,22,35H,4,6,12,14-15,20H2,1-2H3. The fraction of sp³-hybridized carbons (Fsp3) is 0.281. The number of carbonyl (C=O) groups is 2. The number of nitrogens with zero attached hydrogens (tertiary/aromatic N) is 2. The number of Topliss-reactive ketones (excluding diaryl/α,β-unsaturated/α-hetero) is 1. The van der Waals surface area contributed by atoms with Gasteiger partial charge in [-0.05, 0) is 55.0 Å². The Balaban J connectivity index is 1.23. The molecule has 39 heavy (non-hydrogen) atoms. The number of likely N-dealkylation sites (tertiary alicyclic amines) is 1. The van der Waals surface area contributed by atoms with Crippen LogP contribution in [0.5, 0.6) is 11.5 Å². The minimum atomic E-state index is -0.487. The average molecular weight is 526 g/mol. The van der Waals surface area contributed by atoms with Crippen molar-refractivity contribution in [3.8, 4) is 22.9 Å². The van der Waals surface area contributed by atoms with Gasteiger partial charge in [-0.2, -0.15) is 0 Å². The lowest BCUT2D eigenvalue weighted by atomic mass is 10.00. The number of rotatable bonds is 8. The Morgan fingerprint density at radius 3 is 2.72 bits per heavy atom. The summed E-state index contributed by atoms with van der Waals surface area (Å²) in [6.07, 6.45) is 5.77. The molecule has 0 aliphatic carbocycles. The lowest BCUT2D eigenvalue weighted by Crippen LogP contribution is -2.38. The molecule has 1 aliphatic heterocycles. The van der Waals surface area contributed by atoms with Gasteiger partial charge in [0.15, 0.2) is 0 Å². The van der Waals surface area contributed by atoms with Crippen LogP contribution in [0.1, 0.15) is 46.8 Å². The molecular weight excluding hydrogens is 493 g/mol. The van der Waals surface area contributed by atoms with E-state index in [9.17, 15) is 14.0 Å². The topological polar surface area (TPSA) is 75.3 Å². The third kappa shape index (κ3) is 6.60. The van der Waals surface area contributed by atoms with E-state index in [1.807, 2.05) is 36.1 Å².